The summed E-state index contributed by atoms with van der Waals surface area (Å²) >= 11 is 0. The number of rotatable bonds is 4. The molecule has 1 unspecified atom stereocenters. The average Bonchev–Trinajstić information content (AvgIpc) is 2.38. The Bertz CT molecular complexity index is 578. The highest BCUT2D eigenvalue weighted by molar-refractivity contribution is 5.33. The summed E-state index contributed by atoms with van der Waals surface area (Å²) in [4.78, 5) is 0. The van der Waals surface area contributed by atoms with Crippen LogP contribution < -0.4 is 5.32 Å². The Morgan fingerprint density at radius 1 is 0.850 bits per heavy atom. The molecule has 20 heavy (non-hydrogen) atoms. The molecule has 0 bridgehead atoms. The first kappa shape index (κ1) is 14.8. The normalized spacial score (nSPS) is 12.4. The van der Waals surface area contributed by atoms with E-state index in [1.165, 1.54) is 33.4 Å². The Balaban J connectivity index is 2.08. The van der Waals surface area contributed by atoms with Crippen LogP contribution in [0.3, 0.4) is 0 Å². The first-order valence-corrected chi connectivity index (χ1v) is 7.33. The maximum Gasteiger partial charge on any atom is 0.0297 e. The molecule has 1 atom stereocenters. The van der Waals surface area contributed by atoms with Crippen LogP contribution in [0.2, 0.25) is 0 Å². The van der Waals surface area contributed by atoms with Crippen molar-refractivity contribution in [2.45, 2.75) is 47.2 Å². The molecule has 2 aromatic carbocycles. The van der Waals surface area contributed by atoms with Gasteiger partial charge in [0, 0.05) is 12.6 Å². The van der Waals surface area contributed by atoms with Gasteiger partial charge in [0.25, 0.3) is 0 Å². The monoisotopic (exact) mass is 267 g/mol. The summed E-state index contributed by atoms with van der Waals surface area (Å²) in [6.45, 7) is 11.8. The van der Waals surface area contributed by atoms with Crippen LogP contribution in [-0.2, 0) is 6.54 Å². The second-order valence-corrected chi connectivity index (χ2v) is 5.96. The number of hydrogen-bond donors (Lipinski definition) is 1. The molecule has 1 nitrogen and oxygen atoms in total. The molecule has 1 N–H and O–H groups in total. The first-order chi connectivity index (χ1) is 9.45. The topological polar surface area (TPSA) is 12.0 Å². The van der Waals surface area contributed by atoms with Crippen molar-refractivity contribution in [2.24, 2.45) is 0 Å². The van der Waals surface area contributed by atoms with E-state index in [1.54, 1.807) is 0 Å². The number of hydrogen-bond acceptors (Lipinski definition) is 1. The van der Waals surface area contributed by atoms with Gasteiger partial charge in [-0.3, -0.25) is 0 Å². The Labute approximate surface area is 123 Å². The lowest BCUT2D eigenvalue weighted by molar-refractivity contribution is 0.571. The zero-order valence-electron chi connectivity index (χ0n) is 13.2. The highest BCUT2D eigenvalue weighted by Crippen LogP contribution is 2.19. The molecule has 0 aliphatic heterocycles. The summed E-state index contributed by atoms with van der Waals surface area (Å²) in [5.74, 6) is 0. The van der Waals surface area contributed by atoms with Crippen LogP contribution in [0.25, 0.3) is 0 Å². The van der Waals surface area contributed by atoms with Gasteiger partial charge in [-0.15, -0.1) is 0 Å². The van der Waals surface area contributed by atoms with Gasteiger partial charge in [-0.1, -0.05) is 53.1 Å². The van der Waals surface area contributed by atoms with Gasteiger partial charge in [-0.25, -0.2) is 0 Å². The lowest BCUT2D eigenvalue weighted by Gasteiger charge is -2.18. The Kier molecular flexibility index (Phi) is 4.61. The maximum absolute atomic E-state index is 3.64. The summed E-state index contributed by atoms with van der Waals surface area (Å²) in [7, 11) is 0. The van der Waals surface area contributed by atoms with Gasteiger partial charge in [0.05, 0.1) is 0 Å². The molecule has 2 rings (SSSR count). The summed E-state index contributed by atoms with van der Waals surface area (Å²) in [6, 6.07) is 13.8. The minimum Gasteiger partial charge on any atom is -0.306 e. The molecule has 1 heteroatoms. The highest BCUT2D eigenvalue weighted by Gasteiger charge is 2.08. The molecule has 0 fully saturated rings. The van der Waals surface area contributed by atoms with Gasteiger partial charge < -0.3 is 5.32 Å². The molecule has 0 spiro atoms. The fourth-order valence-corrected chi connectivity index (χ4v) is 2.78. The molecular formula is C19H25N. The largest absolute Gasteiger partial charge is 0.306 e. The minimum atomic E-state index is 0.371. The number of benzene rings is 2. The Hall–Kier alpha value is -1.60. The molecule has 0 radical (unpaired) electrons. The van der Waals surface area contributed by atoms with Crippen LogP contribution in [-0.4, -0.2) is 0 Å². The number of nitrogens with one attached hydrogen (secondary N) is 1. The van der Waals surface area contributed by atoms with E-state index in [4.69, 9.17) is 0 Å². The van der Waals surface area contributed by atoms with Crippen molar-refractivity contribution in [3.8, 4) is 0 Å². The maximum atomic E-state index is 3.64. The van der Waals surface area contributed by atoms with Crippen LogP contribution in [0.4, 0.5) is 0 Å². The van der Waals surface area contributed by atoms with Crippen molar-refractivity contribution in [3.63, 3.8) is 0 Å². The molecule has 0 aromatic heterocycles. The van der Waals surface area contributed by atoms with Gasteiger partial charge >= 0.3 is 0 Å². The molecule has 0 saturated heterocycles. The summed E-state index contributed by atoms with van der Waals surface area (Å²) < 4.78 is 0. The smallest absolute Gasteiger partial charge is 0.0297 e. The van der Waals surface area contributed by atoms with Crippen molar-refractivity contribution in [2.75, 3.05) is 0 Å². The fraction of sp³-hybridized carbons (Fsp3) is 0.368. The van der Waals surface area contributed by atoms with Crippen LogP contribution >= 0.6 is 0 Å². The molecule has 0 aliphatic rings. The zero-order chi connectivity index (χ0) is 14.7. The standard InChI is InChI=1S/C19H25N/c1-13-6-7-16(4)19(11-13)17(5)20-12-18-9-14(2)8-15(3)10-18/h6-11,17,20H,12H2,1-5H3. The van der Waals surface area contributed by atoms with E-state index in [0.717, 1.165) is 6.54 Å². The number of aryl methyl sites for hydroxylation is 4. The van der Waals surface area contributed by atoms with Crippen molar-refractivity contribution >= 4 is 0 Å². The summed E-state index contributed by atoms with van der Waals surface area (Å²) in [6.07, 6.45) is 0. The van der Waals surface area contributed by atoms with Gasteiger partial charge in [-0.05, 0) is 51.3 Å². The SMILES string of the molecule is Cc1cc(C)cc(CNC(C)c2cc(C)ccc2C)c1. The Morgan fingerprint density at radius 3 is 2.15 bits per heavy atom. The van der Waals surface area contributed by atoms with Crippen molar-refractivity contribution in [3.05, 3.63) is 69.8 Å². The first-order valence-electron chi connectivity index (χ1n) is 7.33. The molecule has 0 heterocycles. The fourth-order valence-electron chi connectivity index (χ4n) is 2.78. The van der Waals surface area contributed by atoms with Crippen LogP contribution in [0.1, 0.15) is 46.3 Å². The lowest BCUT2D eigenvalue weighted by Crippen LogP contribution is -2.19. The average molecular weight is 267 g/mol. The van der Waals surface area contributed by atoms with Gasteiger partial charge in [0.1, 0.15) is 0 Å². The van der Waals surface area contributed by atoms with E-state index in [1.807, 2.05) is 0 Å². The van der Waals surface area contributed by atoms with Crippen LogP contribution in [0.15, 0.2) is 36.4 Å². The minimum absolute atomic E-state index is 0.371. The zero-order valence-corrected chi connectivity index (χ0v) is 13.2. The summed E-state index contributed by atoms with van der Waals surface area (Å²) in [5.41, 5.74) is 8.11. The molecule has 106 valence electrons. The van der Waals surface area contributed by atoms with E-state index < -0.39 is 0 Å². The van der Waals surface area contributed by atoms with E-state index in [9.17, 15) is 0 Å². The van der Waals surface area contributed by atoms with E-state index in [0.29, 0.717) is 6.04 Å². The second-order valence-electron chi connectivity index (χ2n) is 5.96. The van der Waals surface area contributed by atoms with Crippen molar-refractivity contribution in [1.29, 1.82) is 0 Å². The quantitative estimate of drug-likeness (QED) is 0.841. The third kappa shape index (κ3) is 3.71. The summed E-state index contributed by atoms with van der Waals surface area (Å²) in [5, 5.41) is 3.64. The second kappa shape index (κ2) is 6.23. The predicted octanol–water partition coefficient (Wildman–Crippen LogP) is 4.77. The predicted molar refractivity (Wildman–Crippen MR) is 87.1 cm³/mol. The molecule has 2 aromatic rings. The Morgan fingerprint density at radius 2 is 1.50 bits per heavy atom. The van der Waals surface area contributed by atoms with Gasteiger partial charge in [-0.2, -0.15) is 0 Å². The molecule has 0 aliphatic carbocycles. The lowest BCUT2D eigenvalue weighted by atomic mass is 9.99. The van der Waals surface area contributed by atoms with Gasteiger partial charge in [0.2, 0.25) is 0 Å². The molecule has 0 saturated carbocycles. The molecular weight excluding hydrogens is 242 g/mol. The van der Waals surface area contributed by atoms with Crippen LogP contribution in [0.5, 0.6) is 0 Å². The van der Waals surface area contributed by atoms with Crippen LogP contribution in [0, 0.1) is 27.7 Å². The van der Waals surface area contributed by atoms with E-state index >= 15 is 0 Å². The molecule has 0 amide bonds. The van der Waals surface area contributed by atoms with Crippen molar-refractivity contribution in [1.82, 2.24) is 5.32 Å². The third-order valence-corrected chi connectivity index (χ3v) is 3.80. The third-order valence-electron chi connectivity index (χ3n) is 3.80. The van der Waals surface area contributed by atoms with E-state index in [-0.39, 0.29) is 0 Å². The van der Waals surface area contributed by atoms with Gasteiger partial charge in [0.15, 0.2) is 0 Å². The van der Waals surface area contributed by atoms with Crippen molar-refractivity contribution < 1.29 is 0 Å². The van der Waals surface area contributed by atoms with E-state index in [2.05, 4.69) is 76.3 Å². The highest BCUT2D eigenvalue weighted by atomic mass is 14.9.